The van der Waals surface area contributed by atoms with E-state index in [1.807, 2.05) is 16.8 Å². The Balaban J connectivity index is 1.71. The number of tetrazole rings is 1. The third kappa shape index (κ3) is 3.68. The first-order chi connectivity index (χ1) is 11.7. The van der Waals surface area contributed by atoms with E-state index in [9.17, 15) is 0 Å². The quantitative estimate of drug-likeness (QED) is 0.507. The third-order valence-electron chi connectivity index (χ3n) is 3.43. The van der Waals surface area contributed by atoms with Gasteiger partial charge in [-0.2, -0.15) is 0 Å². The minimum absolute atomic E-state index is 0.576. The number of aromatic nitrogens is 7. The summed E-state index contributed by atoms with van der Waals surface area (Å²) in [7, 11) is 0. The molecule has 2 heterocycles. The molecule has 3 aromatic rings. The number of thioether (sulfide) groups is 1. The topological polar surface area (TPSA) is 100 Å². The van der Waals surface area contributed by atoms with Crippen molar-refractivity contribution < 1.29 is 0 Å². The van der Waals surface area contributed by atoms with Gasteiger partial charge in [-0.05, 0) is 41.1 Å². The zero-order valence-electron chi connectivity index (χ0n) is 13.1. The van der Waals surface area contributed by atoms with Gasteiger partial charge in [0.25, 0.3) is 0 Å². The molecule has 0 aliphatic rings. The van der Waals surface area contributed by atoms with E-state index in [1.165, 1.54) is 16.4 Å². The van der Waals surface area contributed by atoms with E-state index in [2.05, 4.69) is 32.6 Å². The normalized spacial score (nSPS) is 11.1. The van der Waals surface area contributed by atoms with Gasteiger partial charge in [0.15, 0.2) is 11.6 Å². The van der Waals surface area contributed by atoms with Crippen LogP contribution in [0.4, 0.5) is 0 Å². The van der Waals surface area contributed by atoms with Crippen LogP contribution in [0, 0.1) is 0 Å². The summed E-state index contributed by atoms with van der Waals surface area (Å²) >= 11 is 7.35. The molecule has 10 heteroatoms. The van der Waals surface area contributed by atoms with Crippen molar-refractivity contribution in [3.05, 3.63) is 35.1 Å². The Morgan fingerprint density at radius 2 is 1.96 bits per heavy atom. The van der Waals surface area contributed by atoms with Crippen LogP contribution in [-0.2, 0) is 12.3 Å². The molecule has 0 atom stereocenters. The summed E-state index contributed by atoms with van der Waals surface area (Å²) in [6.45, 7) is 2.94. The number of halogens is 1. The molecule has 0 radical (unpaired) electrons. The van der Waals surface area contributed by atoms with Gasteiger partial charge in [0.2, 0.25) is 5.16 Å². The molecule has 0 amide bonds. The van der Waals surface area contributed by atoms with Gasteiger partial charge in [-0.1, -0.05) is 36.7 Å². The number of unbranched alkanes of at least 4 members (excludes halogenated alkanes) is 1. The number of nitrogens with zero attached hydrogens (tertiary/aromatic N) is 7. The van der Waals surface area contributed by atoms with Crippen molar-refractivity contribution in [2.75, 3.05) is 5.84 Å². The molecule has 0 bridgehead atoms. The van der Waals surface area contributed by atoms with Crippen LogP contribution in [0.15, 0.2) is 29.4 Å². The lowest BCUT2D eigenvalue weighted by Crippen LogP contribution is -2.12. The van der Waals surface area contributed by atoms with E-state index in [-0.39, 0.29) is 0 Å². The second kappa shape index (κ2) is 7.63. The summed E-state index contributed by atoms with van der Waals surface area (Å²) in [4.78, 5) is 0. The predicted octanol–water partition coefficient (Wildman–Crippen LogP) is 2.39. The molecule has 1 aromatic carbocycles. The number of nitrogens with two attached hydrogens (primary N) is 1. The van der Waals surface area contributed by atoms with Crippen molar-refractivity contribution >= 4 is 23.4 Å². The second-order valence-corrected chi connectivity index (χ2v) is 6.52. The van der Waals surface area contributed by atoms with E-state index in [1.54, 1.807) is 12.1 Å². The van der Waals surface area contributed by atoms with E-state index >= 15 is 0 Å². The molecule has 0 fully saturated rings. The van der Waals surface area contributed by atoms with Crippen molar-refractivity contribution in [3.8, 4) is 11.4 Å². The average molecular weight is 365 g/mol. The van der Waals surface area contributed by atoms with Crippen molar-refractivity contribution in [2.45, 2.75) is 37.2 Å². The lowest BCUT2D eigenvalue weighted by atomic mass is 10.2. The number of nitrogen functional groups attached to an aromatic ring is 1. The minimum atomic E-state index is 0.576. The monoisotopic (exact) mass is 364 g/mol. The Kier molecular flexibility index (Phi) is 5.31. The van der Waals surface area contributed by atoms with E-state index in [4.69, 9.17) is 17.4 Å². The summed E-state index contributed by atoms with van der Waals surface area (Å²) in [6.07, 6.45) is 2.13. The largest absolute Gasteiger partial charge is 0.335 e. The lowest BCUT2D eigenvalue weighted by Gasteiger charge is -2.04. The maximum atomic E-state index is 6.11. The highest BCUT2D eigenvalue weighted by Crippen LogP contribution is 2.24. The molecule has 0 spiro atoms. The summed E-state index contributed by atoms with van der Waals surface area (Å²) in [5, 5.41) is 21.4. The molecule has 8 nitrogen and oxygen atoms in total. The van der Waals surface area contributed by atoms with E-state index in [0.29, 0.717) is 21.8 Å². The SMILES string of the molecule is CCCCn1nnnc1CSc1nnc(-c2ccc(Cl)cc2)n1N. The molecule has 3 rings (SSSR count). The van der Waals surface area contributed by atoms with Crippen molar-refractivity contribution in [1.82, 2.24) is 35.1 Å². The van der Waals surface area contributed by atoms with Crippen LogP contribution >= 0.6 is 23.4 Å². The smallest absolute Gasteiger partial charge is 0.210 e. The number of hydrogen-bond donors (Lipinski definition) is 1. The maximum absolute atomic E-state index is 6.11. The number of hydrogen-bond acceptors (Lipinski definition) is 7. The number of rotatable bonds is 7. The fourth-order valence-electron chi connectivity index (χ4n) is 2.11. The van der Waals surface area contributed by atoms with Crippen LogP contribution in [0.25, 0.3) is 11.4 Å². The lowest BCUT2D eigenvalue weighted by molar-refractivity contribution is 0.540. The first-order valence-corrected chi connectivity index (χ1v) is 8.89. The molecule has 0 saturated carbocycles. The summed E-state index contributed by atoms with van der Waals surface area (Å²) in [5.41, 5.74) is 0.856. The van der Waals surface area contributed by atoms with Gasteiger partial charge in [-0.15, -0.1) is 15.3 Å². The highest BCUT2D eigenvalue weighted by atomic mass is 35.5. The molecule has 0 saturated heterocycles. The third-order valence-corrected chi connectivity index (χ3v) is 4.62. The molecule has 2 N–H and O–H groups in total. The summed E-state index contributed by atoms with van der Waals surface area (Å²) < 4.78 is 3.28. The minimum Gasteiger partial charge on any atom is -0.335 e. The van der Waals surface area contributed by atoms with Gasteiger partial charge in [-0.25, -0.2) is 9.36 Å². The highest BCUT2D eigenvalue weighted by Gasteiger charge is 2.14. The second-order valence-electron chi connectivity index (χ2n) is 5.14. The zero-order valence-corrected chi connectivity index (χ0v) is 14.7. The standard InChI is InChI=1S/C14H17ClN8S/c1-2-3-8-22-12(17-20-21-22)9-24-14-19-18-13(23(14)16)10-4-6-11(15)7-5-10/h4-7H,2-3,8-9,16H2,1H3. The average Bonchev–Trinajstić information content (AvgIpc) is 3.18. The first-order valence-electron chi connectivity index (χ1n) is 7.53. The summed E-state index contributed by atoms with van der Waals surface area (Å²) in [6, 6.07) is 7.30. The molecular weight excluding hydrogens is 348 g/mol. The van der Waals surface area contributed by atoms with Gasteiger partial charge in [-0.3, -0.25) is 0 Å². The molecule has 24 heavy (non-hydrogen) atoms. The Bertz CT molecular complexity index is 797. The van der Waals surface area contributed by atoms with Gasteiger partial charge >= 0.3 is 0 Å². The van der Waals surface area contributed by atoms with Gasteiger partial charge in [0, 0.05) is 17.1 Å². The predicted molar refractivity (Wildman–Crippen MR) is 92.9 cm³/mol. The van der Waals surface area contributed by atoms with E-state index in [0.717, 1.165) is 30.8 Å². The Morgan fingerprint density at radius 3 is 2.71 bits per heavy atom. The van der Waals surface area contributed by atoms with Crippen molar-refractivity contribution in [3.63, 3.8) is 0 Å². The van der Waals surface area contributed by atoms with Crippen LogP contribution in [0.2, 0.25) is 5.02 Å². The molecule has 0 aliphatic heterocycles. The Labute approximate surface area is 148 Å². The van der Waals surface area contributed by atoms with Gasteiger partial charge in [0.05, 0.1) is 5.75 Å². The molecular formula is C14H17ClN8S. The Hall–Kier alpha value is -2.13. The van der Waals surface area contributed by atoms with Crippen molar-refractivity contribution in [2.24, 2.45) is 0 Å². The molecule has 0 unspecified atom stereocenters. The number of benzene rings is 1. The molecule has 0 aliphatic carbocycles. The van der Waals surface area contributed by atoms with Crippen molar-refractivity contribution in [1.29, 1.82) is 0 Å². The highest BCUT2D eigenvalue weighted by molar-refractivity contribution is 7.98. The maximum Gasteiger partial charge on any atom is 0.210 e. The molecule has 126 valence electrons. The molecule has 2 aromatic heterocycles. The van der Waals surface area contributed by atoms with E-state index < -0.39 is 0 Å². The van der Waals surface area contributed by atoms with Gasteiger partial charge in [0.1, 0.15) is 0 Å². The fraction of sp³-hybridized carbons (Fsp3) is 0.357. The zero-order chi connectivity index (χ0) is 16.9. The number of aryl methyl sites for hydroxylation is 1. The van der Waals surface area contributed by atoms with Crippen LogP contribution in [0.3, 0.4) is 0 Å². The van der Waals surface area contributed by atoms with Crippen LogP contribution < -0.4 is 5.84 Å². The van der Waals surface area contributed by atoms with Crippen LogP contribution in [0.1, 0.15) is 25.6 Å². The fourth-order valence-corrected chi connectivity index (χ4v) is 3.02. The van der Waals surface area contributed by atoms with Crippen LogP contribution in [0.5, 0.6) is 0 Å². The summed E-state index contributed by atoms with van der Waals surface area (Å²) in [5.74, 6) is 8.07. The van der Waals surface area contributed by atoms with Gasteiger partial charge < -0.3 is 5.84 Å². The first kappa shape index (κ1) is 16.7. The van der Waals surface area contributed by atoms with Crippen LogP contribution in [-0.4, -0.2) is 35.1 Å². The Morgan fingerprint density at radius 1 is 1.17 bits per heavy atom.